The van der Waals surface area contributed by atoms with Crippen molar-refractivity contribution in [2.45, 2.75) is 0 Å². The summed E-state index contributed by atoms with van der Waals surface area (Å²) in [4.78, 5) is 4.80. The van der Waals surface area contributed by atoms with Crippen LogP contribution in [0.4, 0.5) is 0 Å². The van der Waals surface area contributed by atoms with Gasteiger partial charge in [0.1, 0.15) is 0 Å². The van der Waals surface area contributed by atoms with Gasteiger partial charge < -0.3 is 4.57 Å². The molecule has 0 fully saturated rings. The van der Waals surface area contributed by atoms with Gasteiger partial charge in [0, 0.05) is 38.0 Å². The van der Waals surface area contributed by atoms with Gasteiger partial charge in [0.2, 0.25) is 0 Å². The van der Waals surface area contributed by atoms with E-state index in [9.17, 15) is 0 Å². The summed E-state index contributed by atoms with van der Waals surface area (Å²) >= 11 is 1.87. The fourth-order valence-electron chi connectivity index (χ4n) is 6.56. The summed E-state index contributed by atoms with van der Waals surface area (Å²) in [6.45, 7) is 0. The SMILES string of the molecule is c1ccc(-c2ccnc(-c3ccc4c(c3)c3ccc(-c5ccccc5)cc3n4-c3cccc4c3sc3ccccc34)c2)cc1. The maximum Gasteiger partial charge on any atom is 0.0708 e. The Morgan fingerprint density at radius 2 is 1.14 bits per heavy atom. The highest BCUT2D eigenvalue weighted by molar-refractivity contribution is 7.26. The smallest absolute Gasteiger partial charge is 0.0708 e. The lowest BCUT2D eigenvalue weighted by atomic mass is 10.0. The van der Waals surface area contributed by atoms with Crippen LogP contribution in [-0.2, 0) is 0 Å². The number of aromatic nitrogens is 2. The normalized spacial score (nSPS) is 11.6. The average Bonchev–Trinajstić information content (AvgIpc) is 3.64. The van der Waals surface area contributed by atoms with Crippen molar-refractivity contribution in [1.82, 2.24) is 9.55 Å². The molecule has 0 aliphatic rings. The zero-order valence-corrected chi connectivity index (χ0v) is 24.6. The van der Waals surface area contributed by atoms with Crippen molar-refractivity contribution in [2.75, 3.05) is 0 Å². The van der Waals surface area contributed by atoms with E-state index in [1.165, 1.54) is 69.9 Å². The van der Waals surface area contributed by atoms with Crippen LogP contribution in [0.3, 0.4) is 0 Å². The van der Waals surface area contributed by atoms with Crippen LogP contribution in [0.15, 0.2) is 158 Å². The Morgan fingerprint density at radius 3 is 1.95 bits per heavy atom. The van der Waals surface area contributed by atoms with Crippen LogP contribution in [0.1, 0.15) is 0 Å². The first-order valence-electron chi connectivity index (χ1n) is 14.9. The van der Waals surface area contributed by atoms with E-state index in [1.54, 1.807) is 0 Å². The number of nitrogens with zero attached hydrogens (tertiary/aromatic N) is 2. The first kappa shape index (κ1) is 25.0. The maximum atomic E-state index is 4.80. The van der Waals surface area contributed by atoms with E-state index in [4.69, 9.17) is 4.98 Å². The van der Waals surface area contributed by atoms with E-state index < -0.39 is 0 Å². The van der Waals surface area contributed by atoms with Crippen molar-refractivity contribution in [1.29, 1.82) is 0 Å². The highest BCUT2D eigenvalue weighted by Gasteiger charge is 2.18. The predicted molar refractivity (Wildman–Crippen MR) is 188 cm³/mol. The van der Waals surface area contributed by atoms with E-state index in [-0.39, 0.29) is 0 Å². The van der Waals surface area contributed by atoms with E-state index in [0.717, 1.165) is 11.3 Å². The summed E-state index contributed by atoms with van der Waals surface area (Å²) in [6.07, 6.45) is 1.92. The lowest BCUT2D eigenvalue weighted by Crippen LogP contribution is -1.94. The topological polar surface area (TPSA) is 17.8 Å². The summed E-state index contributed by atoms with van der Waals surface area (Å²) in [7, 11) is 0. The van der Waals surface area contributed by atoms with Gasteiger partial charge in [-0.3, -0.25) is 4.98 Å². The summed E-state index contributed by atoms with van der Waals surface area (Å²) < 4.78 is 5.08. The van der Waals surface area contributed by atoms with Crippen LogP contribution in [0.2, 0.25) is 0 Å². The number of fused-ring (bicyclic) bond motifs is 6. The lowest BCUT2D eigenvalue weighted by Gasteiger charge is -2.11. The monoisotopic (exact) mass is 578 g/mol. The predicted octanol–water partition coefficient (Wildman–Crippen LogP) is 11.5. The number of hydrogen-bond donors (Lipinski definition) is 0. The van der Waals surface area contributed by atoms with Crippen LogP contribution in [0, 0.1) is 0 Å². The van der Waals surface area contributed by atoms with Gasteiger partial charge in [0.05, 0.1) is 27.1 Å². The molecule has 9 aromatic rings. The average molecular weight is 579 g/mol. The zero-order valence-electron chi connectivity index (χ0n) is 23.8. The van der Waals surface area contributed by atoms with Gasteiger partial charge in [0.15, 0.2) is 0 Å². The fourth-order valence-corrected chi connectivity index (χ4v) is 7.76. The van der Waals surface area contributed by atoms with Gasteiger partial charge in [-0.05, 0) is 64.7 Å². The molecule has 0 radical (unpaired) electrons. The van der Waals surface area contributed by atoms with Crippen LogP contribution >= 0.6 is 11.3 Å². The van der Waals surface area contributed by atoms with Gasteiger partial charge in [-0.25, -0.2) is 0 Å². The Balaban J connectivity index is 1.31. The third-order valence-corrected chi connectivity index (χ3v) is 9.87. The largest absolute Gasteiger partial charge is 0.308 e. The number of pyridine rings is 1. The first-order valence-corrected chi connectivity index (χ1v) is 15.7. The molecule has 0 spiro atoms. The molecule has 3 aromatic heterocycles. The highest BCUT2D eigenvalue weighted by Crippen LogP contribution is 2.42. The van der Waals surface area contributed by atoms with E-state index >= 15 is 0 Å². The molecule has 0 saturated heterocycles. The Hall–Kier alpha value is -5.51. The molecule has 2 nitrogen and oxygen atoms in total. The molecule has 0 saturated carbocycles. The number of benzene rings is 6. The summed E-state index contributed by atoms with van der Waals surface area (Å²) in [5.74, 6) is 0. The minimum Gasteiger partial charge on any atom is -0.308 e. The second kappa shape index (κ2) is 10.0. The minimum absolute atomic E-state index is 0.974. The molecule has 0 atom stereocenters. The second-order valence-corrected chi connectivity index (χ2v) is 12.3. The number of thiophene rings is 1. The molecule has 0 aliphatic carbocycles. The molecule has 3 heterocycles. The Labute approximate surface area is 259 Å². The summed E-state index contributed by atoms with van der Waals surface area (Å²) in [6, 6.07) is 54.6. The Morgan fingerprint density at radius 1 is 0.432 bits per heavy atom. The van der Waals surface area contributed by atoms with Gasteiger partial charge in [-0.2, -0.15) is 0 Å². The van der Waals surface area contributed by atoms with Gasteiger partial charge in [0.25, 0.3) is 0 Å². The third-order valence-electron chi connectivity index (χ3n) is 8.66. The van der Waals surface area contributed by atoms with Crippen molar-refractivity contribution in [3.8, 4) is 39.2 Å². The van der Waals surface area contributed by atoms with Crippen molar-refractivity contribution < 1.29 is 0 Å². The van der Waals surface area contributed by atoms with Crippen molar-refractivity contribution in [3.63, 3.8) is 0 Å². The molecule has 0 bridgehead atoms. The molecular weight excluding hydrogens is 553 g/mol. The Bertz CT molecular complexity index is 2490. The molecular formula is C41H26N2S. The summed E-state index contributed by atoms with van der Waals surface area (Å²) in [5.41, 5.74) is 10.5. The van der Waals surface area contributed by atoms with Crippen LogP contribution in [0.25, 0.3) is 81.2 Å². The maximum absolute atomic E-state index is 4.80. The third kappa shape index (κ3) is 3.98. The van der Waals surface area contributed by atoms with E-state index in [0.29, 0.717) is 0 Å². The minimum atomic E-state index is 0.974. The first-order chi connectivity index (χ1) is 21.8. The molecule has 44 heavy (non-hydrogen) atoms. The van der Waals surface area contributed by atoms with Gasteiger partial charge >= 0.3 is 0 Å². The zero-order chi connectivity index (χ0) is 29.0. The van der Waals surface area contributed by atoms with Gasteiger partial charge in [-0.1, -0.05) is 109 Å². The quantitative estimate of drug-likeness (QED) is 0.203. The van der Waals surface area contributed by atoms with Crippen molar-refractivity contribution in [2.24, 2.45) is 0 Å². The molecule has 206 valence electrons. The van der Waals surface area contributed by atoms with E-state index in [2.05, 4.69) is 156 Å². The fraction of sp³-hybridized carbons (Fsp3) is 0. The van der Waals surface area contributed by atoms with Crippen molar-refractivity contribution >= 4 is 53.3 Å². The van der Waals surface area contributed by atoms with Crippen molar-refractivity contribution in [3.05, 3.63) is 158 Å². The van der Waals surface area contributed by atoms with Crippen LogP contribution in [-0.4, -0.2) is 9.55 Å². The molecule has 0 N–H and O–H groups in total. The molecule has 6 aromatic carbocycles. The molecule has 3 heteroatoms. The molecule has 9 rings (SSSR count). The van der Waals surface area contributed by atoms with Crippen LogP contribution < -0.4 is 0 Å². The second-order valence-electron chi connectivity index (χ2n) is 11.2. The van der Waals surface area contributed by atoms with Crippen LogP contribution in [0.5, 0.6) is 0 Å². The standard InChI is InChI=1S/C41H26N2S/c1-3-10-27(11-4-1)29-18-20-32-35-24-31(36-25-30(22-23-42-36)28-12-5-2-6-13-28)19-21-37(35)43(39(32)26-29)38-16-9-15-34-33-14-7-8-17-40(33)44-41(34)38/h1-26H. The van der Waals surface area contributed by atoms with Gasteiger partial charge in [-0.15, -0.1) is 11.3 Å². The number of rotatable bonds is 4. The molecule has 0 amide bonds. The van der Waals surface area contributed by atoms with E-state index in [1.807, 2.05) is 17.5 Å². The highest BCUT2D eigenvalue weighted by atomic mass is 32.1. The summed E-state index contributed by atoms with van der Waals surface area (Å²) in [5, 5.41) is 5.07. The molecule has 0 unspecified atom stereocenters. The lowest BCUT2D eigenvalue weighted by molar-refractivity contribution is 1.20. The molecule has 0 aliphatic heterocycles. The number of hydrogen-bond acceptors (Lipinski definition) is 2. The Kier molecular flexibility index (Phi) is 5.71.